The van der Waals surface area contributed by atoms with Crippen molar-refractivity contribution in [3.05, 3.63) is 59.7 Å². The summed E-state index contributed by atoms with van der Waals surface area (Å²) in [5, 5.41) is 3.70. The fraction of sp³-hybridized carbons (Fsp3) is 0.500. The molecule has 0 aromatic heterocycles. The zero-order valence-electron chi connectivity index (χ0n) is 17.5. The summed E-state index contributed by atoms with van der Waals surface area (Å²) in [6.45, 7) is 7.74. The number of hydrogen-bond donors (Lipinski definition) is 1. The van der Waals surface area contributed by atoms with Crippen LogP contribution in [0.2, 0.25) is 0 Å². The number of morpholine rings is 1. The van der Waals surface area contributed by atoms with Crippen molar-refractivity contribution >= 4 is 5.69 Å². The van der Waals surface area contributed by atoms with E-state index in [1.807, 2.05) is 6.07 Å². The van der Waals surface area contributed by atoms with Crippen LogP contribution in [-0.4, -0.2) is 57.9 Å². The highest BCUT2D eigenvalue weighted by atomic mass is 16.5. The summed E-state index contributed by atoms with van der Waals surface area (Å²) in [7, 11) is 1.77. The Balaban J connectivity index is 1.37. The molecule has 2 aromatic carbocycles. The van der Waals surface area contributed by atoms with Crippen molar-refractivity contribution in [1.29, 1.82) is 0 Å². The zero-order valence-corrected chi connectivity index (χ0v) is 17.5. The number of rotatable bonds is 8. The van der Waals surface area contributed by atoms with Crippen LogP contribution in [0.25, 0.3) is 0 Å². The lowest BCUT2D eigenvalue weighted by atomic mass is 10.0. The highest BCUT2D eigenvalue weighted by Crippen LogP contribution is 2.31. The minimum atomic E-state index is 0.348. The molecule has 0 radical (unpaired) electrons. The summed E-state index contributed by atoms with van der Waals surface area (Å²) >= 11 is 0. The van der Waals surface area contributed by atoms with Gasteiger partial charge in [0.25, 0.3) is 0 Å². The van der Waals surface area contributed by atoms with Crippen LogP contribution in [0.1, 0.15) is 30.0 Å². The molecule has 5 nitrogen and oxygen atoms in total. The summed E-state index contributed by atoms with van der Waals surface area (Å²) in [6.07, 6.45) is 2.57. The van der Waals surface area contributed by atoms with E-state index in [0.29, 0.717) is 6.04 Å². The third-order valence-electron chi connectivity index (χ3n) is 6.06. The van der Waals surface area contributed by atoms with Crippen molar-refractivity contribution in [2.45, 2.75) is 25.4 Å². The van der Waals surface area contributed by atoms with Crippen LogP contribution < -0.4 is 15.0 Å². The summed E-state index contributed by atoms with van der Waals surface area (Å²) < 4.78 is 11.1. The molecule has 4 rings (SSSR count). The second-order valence-electron chi connectivity index (χ2n) is 7.90. The second-order valence-corrected chi connectivity index (χ2v) is 7.90. The number of benzene rings is 2. The van der Waals surface area contributed by atoms with E-state index in [2.05, 4.69) is 57.6 Å². The third kappa shape index (κ3) is 5.10. The predicted octanol–water partition coefficient (Wildman–Crippen LogP) is 3.46. The molecule has 1 N–H and O–H groups in total. The Hall–Kier alpha value is -2.08. The van der Waals surface area contributed by atoms with Crippen LogP contribution in [0.3, 0.4) is 0 Å². The largest absolute Gasteiger partial charge is 0.496 e. The monoisotopic (exact) mass is 395 g/mol. The molecule has 2 heterocycles. The van der Waals surface area contributed by atoms with E-state index in [4.69, 9.17) is 9.47 Å². The van der Waals surface area contributed by atoms with Crippen molar-refractivity contribution in [2.75, 3.05) is 57.9 Å². The number of nitrogens with one attached hydrogen (secondary N) is 1. The Morgan fingerprint density at radius 3 is 2.41 bits per heavy atom. The highest BCUT2D eigenvalue weighted by molar-refractivity contribution is 5.48. The maximum atomic E-state index is 5.65. The lowest BCUT2D eigenvalue weighted by molar-refractivity contribution is 0.122. The highest BCUT2D eigenvalue weighted by Gasteiger charge is 2.25. The predicted molar refractivity (Wildman–Crippen MR) is 118 cm³/mol. The Morgan fingerprint density at radius 1 is 0.966 bits per heavy atom. The first-order chi connectivity index (χ1) is 14.3. The lowest BCUT2D eigenvalue weighted by Crippen LogP contribution is -2.36. The summed E-state index contributed by atoms with van der Waals surface area (Å²) in [4.78, 5) is 4.98. The Kier molecular flexibility index (Phi) is 7.04. The molecule has 0 spiro atoms. The molecule has 0 unspecified atom stereocenters. The molecule has 1 atom stereocenters. The molecule has 5 heteroatoms. The Morgan fingerprint density at radius 2 is 1.69 bits per heavy atom. The SMILES string of the molecule is COc1ccccc1[C@@H](CNCc1ccc(N2CCOCC2)cc1)N1CCCC1. The minimum Gasteiger partial charge on any atom is -0.496 e. The van der Waals surface area contributed by atoms with E-state index in [1.165, 1.54) is 42.7 Å². The number of ether oxygens (including phenoxy) is 2. The van der Waals surface area contributed by atoms with E-state index in [9.17, 15) is 0 Å². The van der Waals surface area contributed by atoms with Crippen molar-refractivity contribution in [2.24, 2.45) is 0 Å². The van der Waals surface area contributed by atoms with Gasteiger partial charge in [-0.1, -0.05) is 30.3 Å². The molecule has 0 aliphatic carbocycles. The van der Waals surface area contributed by atoms with Crippen molar-refractivity contribution < 1.29 is 9.47 Å². The molecule has 156 valence electrons. The Labute approximate surface area is 174 Å². The molecule has 2 saturated heterocycles. The maximum Gasteiger partial charge on any atom is 0.123 e. The van der Waals surface area contributed by atoms with Gasteiger partial charge in [-0.3, -0.25) is 4.90 Å². The fourth-order valence-electron chi connectivity index (χ4n) is 4.43. The third-order valence-corrected chi connectivity index (χ3v) is 6.06. The van der Waals surface area contributed by atoms with Gasteiger partial charge in [0.1, 0.15) is 5.75 Å². The van der Waals surface area contributed by atoms with Gasteiger partial charge >= 0.3 is 0 Å². The van der Waals surface area contributed by atoms with Crippen LogP contribution in [-0.2, 0) is 11.3 Å². The van der Waals surface area contributed by atoms with Gasteiger partial charge in [-0.25, -0.2) is 0 Å². The van der Waals surface area contributed by atoms with Gasteiger partial charge in [0.05, 0.1) is 26.4 Å². The first-order valence-electron chi connectivity index (χ1n) is 10.8. The molecule has 2 fully saturated rings. The second kappa shape index (κ2) is 10.1. The minimum absolute atomic E-state index is 0.348. The quantitative estimate of drug-likeness (QED) is 0.741. The van der Waals surface area contributed by atoms with E-state index < -0.39 is 0 Å². The zero-order chi connectivity index (χ0) is 19.9. The number of para-hydroxylation sites is 1. The average molecular weight is 396 g/mol. The molecule has 29 heavy (non-hydrogen) atoms. The van der Waals surface area contributed by atoms with Gasteiger partial charge in [-0.15, -0.1) is 0 Å². The van der Waals surface area contributed by atoms with Crippen molar-refractivity contribution in [1.82, 2.24) is 10.2 Å². The molecular formula is C24H33N3O2. The van der Waals surface area contributed by atoms with Crippen LogP contribution >= 0.6 is 0 Å². The van der Waals surface area contributed by atoms with Gasteiger partial charge in [0, 0.05) is 37.4 Å². The van der Waals surface area contributed by atoms with Gasteiger partial charge in [0.15, 0.2) is 0 Å². The molecule has 0 bridgehead atoms. The summed E-state index contributed by atoms with van der Waals surface area (Å²) in [5.74, 6) is 0.987. The van der Waals surface area contributed by atoms with E-state index in [0.717, 1.165) is 45.1 Å². The average Bonchev–Trinajstić information content (AvgIpc) is 3.32. The molecule has 2 aromatic rings. The number of hydrogen-bond acceptors (Lipinski definition) is 5. The van der Waals surface area contributed by atoms with Crippen LogP contribution in [0.4, 0.5) is 5.69 Å². The molecular weight excluding hydrogens is 362 g/mol. The topological polar surface area (TPSA) is 37.0 Å². The summed E-state index contributed by atoms with van der Waals surface area (Å²) in [6, 6.07) is 17.8. The fourth-order valence-corrected chi connectivity index (χ4v) is 4.43. The number of methoxy groups -OCH3 is 1. The van der Waals surface area contributed by atoms with Gasteiger partial charge in [-0.2, -0.15) is 0 Å². The standard InChI is InChI=1S/C24H33N3O2/c1-28-24-7-3-2-6-22(24)23(27-12-4-5-13-27)19-25-18-20-8-10-21(11-9-20)26-14-16-29-17-15-26/h2-3,6-11,23,25H,4-5,12-19H2,1H3/t23-/m1/s1. The van der Waals surface area contributed by atoms with E-state index in [-0.39, 0.29) is 0 Å². The molecule has 0 amide bonds. The maximum absolute atomic E-state index is 5.65. The van der Waals surface area contributed by atoms with Crippen LogP contribution in [0.5, 0.6) is 5.75 Å². The number of anilines is 1. The molecule has 0 saturated carbocycles. The normalized spacial score (nSPS) is 18.7. The van der Waals surface area contributed by atoms with E-state index in [1.54, 1.807) is 7.11 Å². The molecule has 2 aliphatic rings. The Bertz CT molecular complexity index is 753. The van der Waals surface area contributed by atoms with Crippen molar-refractivity contribution in [3.63, 3.8) is 0 Å². The molecule has 2 aliphatic heterocycles. The van der Waals surface area contributed by atoms with Gasteiger partial charge in [0.2, 0.25) is 0 Å². The van der Waals surface area contributed by atoms with Crippen LogP contribution in [0, 0.1) is 0 Å². The van der Waals surface area contributed by atoms with Crippen molar-refractivity contribution in [3.8, 4) is 5.75 Å². The van der Waals surface area contributed by atoms with E-state index >= 15 is 0 Å². The first kappa shape index (κ1) is 20.2. The van der Waals surface area contributed by atoms with Crippen LogP contribution in [0.15, 0.2) is 48.5 Å². The van der Waals surface area contributed by atoms with Gasteiger partial charge in [-0.05, 0) is 49.7 Å². The summed E-state index contributed by atoms with van der Waals surface area (Å²) in [5.41, 5.74) is 3.90. The number of nitrogens with zero attached hydrogens (tertiary/aromatic N) is 2. The van der Waals surface area contributed by atoms with Gasteiger partial charge < -0.3 is 19.7 Å². The lowest BCUT2D eigenvalue weighted by Gasteiger charge is -2.30. The number of likely N-dealkylation sites (tertiary alicyclic amines) is 1. The first-order valence-corrected chi connectivity index (χ1v) is 10.8. The smallest absolute Gasteiger partial charge is 0.123 e.